The third-order valence-electron chi connectivity index (χ3n) is 2.45. The maximum Gasteiger partial charge on any atom is 0.327 e. The molecule has 2 N–H and O–H groups in total. The molecular weight excluding hydrogens is 244 g/mol. The van der Waals surface area contributed by atoms with Crippen molar-refractivity contribution in [1.82, 2.24) is 10.2 Å². The summed E-state index contributed by atoms with van der Waals surface area (Å²) in [6.07, 6.45) is 3.06. The second-order valence-corrected chi connectivity index (χ2v) is 4.61. The molecule has 0 aliphatic carbocycles. The molecule has 1 aromatic rings. The van der Waals surface area contributed by atoms with Crippen LogP contribution in [0.15, 0.2) is 23.0 Å². The lowest BCUT2D eigenvalue weighted by molar-refractivity contribution is -0.140. The fourth-order valence-corrected chi connectivity index (χ4v) is 2.66. The van der Waals surface area contributed by atoms with Gasteiger partial charge in [-0.3, -0.25) is 0 Å². The molecule has 0 spiro atoms. The van der Waals surface area contributed by atoms with Gasteiger partial charge in [0, 0.05) is 17.9 Å². The van der Waals surface area contributed by atoms with Gasteiger partial charge in [-0.1, -0.05) is 0 Å². The predicted molar refractivity (Wildman–Crippen MR) is 61.5 cm³/mol. The number of aliphatic carboxylic acids is 1. The van der Waals surface area contributed by atoms with E-state index in [0.29, 0.717) is 18.2 Å². The van der Waals surface area contributed by atoms with Gasteiger partial charge >= 0.3 is 12.0 Å². The molecule has 0 unspecified atom stereocenters. The van der Waals surface area contributed by atoms with E-state index in [-0.39, 0.29) is 6.03 Å². The minimum absolute atomic E-state index is 0.336. The predicted octanol–water partition coefficient (Wildman–Crippen LogP) is 0.949. The Hall–Kier alpha value is -1.63. The lowest BCUT2D eigenvalue weighted by atomic mass is 10.3. The summed E-state index contributed by atoms with van der Waals surface area (Å²) < 4.78 is 4.87. The van der Waals surface area contributed by atoms with Crippen molar-refractivity contribution < 1.29 is 19.1 Å². The first-order valence-electron chi connectivity index (χ1n) is 5.04. The van der Waals surface area contributed by atoms with Gasteiger partial charge in [0.25, 0.3) is 0 Å². The molecule has 0 saturated carbocycles. The van der Waals surface area contributed by atoms with Crippen LogP contribution in [0.2, 0.25) is 0 Å². The highest BCUT2D eigenvalue weighted by molar-refractivity contribution is 7.99. The number of nitrogens with one attached hydrogen (secondary N) is 1. The molecule has 1 fully saturated rings. The van der Waals surface area contributed by atoms with E-state index < -0.39 is 12.0 Å². The van der Waals surface area contributed by atoms with E-state index in [1.54, 1.807) is 6.07 Å². The first-order valence-corrected chi connectivity index (χ1v) is 6.20. The van der Waals surface area contributed by atoms with Gasteiger partial charge in [-0.2, -0.15) is 0 Å². The number of thioether (sulfide) groups is 1. The number of carboxylic acids is 1. The molecule has 2 rings (SSSR count). The summed E-state index contributed by atoms with van der Waals surface area (Å²) in [5.74, 6) is -0.115. The number of rotatable bonds is 3. The SMILES string of the molecule is O=C(O)[C@@H]1CSCN1C(=O)NCc1ccoc1. The number of hydrogen-bond acceptors (Lipinski definition) is 4. The molecule has 1 atom stereocenters. The molecule has 6 nitrogen and oxygen atoms in total. The molecule has 7 heteroatoms. The van der Waals surface area contributed by atoms with Crippen molar-refractivity contribution in [2.24, 2.45) is 0 Å². The standard InChI is InChI=1S/C10H12N2O4S/c13-9(14)8-5-17-6-12(8)10(15)11-3-7-1-2-16-4-7/h1-2,4,8H,3,5-6H2,(H,11,15)(H,13,14)/t8-/m0/s1. The molecule has 0 bridgehead atoms. The number of nitrogens with zero attached hydrogens (tertiary/aromatic N) is 1. The zero-order chi connectivity index (χ0) is 12.3. The first-order chi connectivity index (χ1) is 8.18. The fraction of sp³-hybridized carbons (Fsp3) is 0.400. The van der Waals surface area contributed by atoms with Crippen molar-refractivity contribution in [3.05, 3.63) is 24.2 Å². The van der Waals surface area contributed by atoms with Gasteiger partial charge in [0.05, 0.1) is 18.4 Å². The third-order valence-corrected chi connectivity index (χ3v) is 3.46. The van der Waals surface area contributed by atoms with Gasteiger partial charge in [-0.25, -0.2) is 9.59 Å². The zero-order valence-electron chi connectivity index (χ0n) is 8.96. The van der Waals surface area contributed by atoms with Crippen molar-refractivity contribution >= 4 is 23.8 Å². The second kappa shape index (κ2) is 5.13. The van der Waals surface area contributed by atoms with Crippen LogP contribution >= 0.6 is 11.8 Å². The molecule has 17 heavy (non-hydrogen) atoms. The van der Waals surface area contributed by atoms with E-state index in [4.69, 9.17) is 9.52 Å². The highest BCUT2D eigenvalue weighted by atomic mass is 32.2. The van der Waals surface area contributed by atoms with Crippen LogP contribution in [-0.4, -0.2) is 39.7 Å². The van der Waals surface area contributed by atoms with Gasteiger partial charge in [0.2, 0.25) is 0 Å². The molecule has 92 valence electrons. The Labute approximate surface area is 102 Å². The Morgan fingerprint density at radius 2 is 2.47 bits per heavy atom. The van der Waals surface area contributed by atoms with Crippen LogP contribution in [0.4, 0.5) is 4.79 Å². The van der Waals surface area contributed by atoms with Gasteiger partial charge in [0.15, 0.2) is 0 Å². The minimum Gasteiger partial charge on any atom is -0.480 e. The summed E-state index contributed by atoms with van der Waals surface area (Å²) >= 11 is 1.44. The van der Waals surface area contributed by atoms with Crippen molar-refractivity contribution in [3.8, 4) is 0 Å². The maximum atomic E-state index is 11.8. The number of amides is 2. The molecule has 2 amide bonds. The van der Waals surface area contributed by atoms with E-state index >= 15 is 0 Å². The smallest absolute Gasteiger partial charge is 0.327 e. The number of carbonyl (C=O) groups is 2. The summed E-state index contributed by atoms with van der Waals surface area (Å²) in [4.78, 5) is 24.0. The number of carboxylic acid groups (broad SMARTS) is 1. The fourth-order valence-electron chi connectivity index (χ4n) is 1.52. The summed E-state index contributed by atoms with van der Waals surface area (Å²) in [6.45, 7) is 0.336. The van der Waals surface area contributed by atoms with E-state index in [2.05, 4.69) is 5.32 Å². The van der Waals surface area contributed by atoms with Crippen molar-refractivity contribution in [2.45, 2.75) is 12.6 Å². The Kier molecular flexibility index (Phi) is 3.58. The van der Waals surface area contributed by atoms with E-state index in [1.165, 1.54) is 29.2 Å². The Bertz CT molecular complexity index is 406. The monoisotopic (exact) mass is 256 g/mol. The van der Waals surface area contributed by atoms with E-state index in [0.717, 1.165) is 5.56 Å². The largest absolute Gasteiger partial charge is 0.480 e. The average Bonchev–Trinajstić information content (AvgIpc) is 2.96. The second-order valence-electron chi connectivity index (χ2n) is 3.61. The third kappa shape index (κ3) is 2.73. The molecule has 1 aliphatic heterocycles. The van der Waals surface area contributed by atoms with Gasteiger partial charge in [-0.05, 0) is 6.07 Å². The number of hydrogen-bond donors (Lipinski definition) is 2. The molecule has 1 aromatic heterocycles. The number of carbonyl (C=O) groups excluding carboxylic acids is 1. The van der Waals surface area contributed by atoms with Crippen LogP contribution in [0.3, 0.4) is 0 Å². The highest BCUT2D eigenvalue weighted by Gasteiger charge is 2.34. The van der Waals surface area contributed by atoms with Gasteiger partial charge in [-0.15, -0.1) is 11.8 Å². The lowest BCUT2D eigenvalue weighted by Crippen LogP contribution is -2.46. The van der Waals surface area contributed by atoms with Gasteiger partial charge in [0.1, 0.15) is 6.04 Å². The molecule has 1 aliphatic rings. The summed E-state index contributed by atoms with van der Waals surface area (Å²) in [7, 11) is 0. The van der Waals surface area contributed by atoms with Crippen molar-refractivity contribution in [3.63, 3.8) is 0 Å². The lowest BCUT2D eigenvalue weighted by Gasteiger charge is -2.20. The van der Waals surface area contributed by atoms with Crippen LogP contribution in [-0.2, 0) is 11.3 Å². The van der Waals surface area contributed by atoms with E-state index in [9.17, 15) is 9.59 Å². The van der Waals surface area contributed by atoms with Crippen molar-refractivity contribution in [2.75, 3.05) is 11.6 Å². The quantitative estimate of drug-likeness (QED) is 0.841. The summed E-state index contributed by atoms with van der Waals surface area (Å²) in [5, 5.41) is 11.6. The van der Waals surface area contributed by atoms with Crippen LogP contribution in [0.1, 0.15) is 5.56 Å². The number of furan rings is 1. The molecule has 2 heterocycles. The highest BCUT2D eigenvalue weighted by Crippen LogP contribution is 2.20. The van der Waals surface area contributed by atoms with E-state index in [1.807, 2.05) is 0 Å². The molecule has 0 radical (unpaired) electrons. The van der Waals surface area contributed by atoms with Crippen LogP contribution in [0.25, 0.3) is 0 Å². The Morgan fingerprint density at radius 3 is 3.12 bits per heavy atom. The normalized spacial score (nSPS) is 19.3. The zero-order valence-corrected chi connectivity index (χ0v) is 9.77. The van der Waals surface area contributed by atoms with Crippen LogP contribution in [0, 0.1) is 0 Å². The number of urea groups is 1. The topological polar surface area (TPSA) is 82.8 Å². The van der Waals surface area contributed by atoms with Crippen LogP contribution < -0.4 is 5.32 Å². The summed E-state index contributed by atoms with van der Waals surface area (Å²) in [5.41, 5.74) is 0.845. The Balaban J connectivity index is 1.89. The van der Waals surface area contributed by atoms with Crippen molar-refractivity contribution in [1.29, 1.82) is 0 Å². The molecule has 0 aromatic carbocycles. The van der Waals surface area contributed by atoms with Gasteiger partial charge < -0.3 is 19.7 Å². The van der Waals surface area contributed by atoms with Crippen LogP contribution in [0.5, 0.6) is 0 Å². The minimum atomic E-state index is -0.964. The Morgan fingerprint density at radius 1 is 1.65 bits per heavy atom. The summed E-state index contributed by atoms with van der Waals surface area (Å²) in [6, 6.07) is 0.654. The average molecular weight is 256 g/mol. The maximum absolute atomic E-state index is 11.8. The molecule has 1 saturated heterocycles. The molecular formula is C10H12N2O4S. The first kappa shape index (κ1) is 11.8.